The number of hydrogen-bond donors (Lipinski definition) is 1. The summed E-state index contributed by atoms with van der Waals surface area (Å²) >= 11 is 0. The average Bonchev–Trinajstić information content (AvgIpc) is 2.38. The predicted octanol–water partition coefficient (Wildman–Crippen LogP) is 4.19. The molecule has 0 aliphatic carbocycles. The van der Waals surface area contributed by atoms with Gasteiger partial charge in [-0.05, 0) is 24.8 Å². The van der Waals surface area contributed by atoms with Gasteiger partial charge in [0, 0.05) is 24.1 Å². The first-order chi connectivity index (χ1) is 8.99. The van der Waals surface area contributed by atoms with E-state index in [0.29, 0.717) is 11.7 Å². The Bertz CT molecular complexity index is 448. The Balaban J connectivity index is 2.30. The summed E-state index contributed by atoms with van der Waals surface area (Å²) in [4.78, 5) is 0. The first kappa shape index (κ1) is 14.3. The maximum absolute atomic E-state index is 13.4. The molecule has 2 rings (SSSR count). The van der Waals surface area contributed by atoms with Crippen LogP contribution in [-0.2, 0) is 0 Å². The van der Waals surface area contributed by atoms with E-state index in [0.717, 1.165) is 31.2 Å². The zero-order valence-corrected chi connectivity index (χ0v) is 12.1. The molecule has 0 aromatic heterocycles. The highest BCUT2D eigenvalue weighted by atomic mass is 19.1. The second kappa shape index (κ2) is 5.49. The summed E-state index contributed by atoms with van der Waals surface area (Å²) in [7, 11) is 0. The Labute approximate surface area is 115 Å². The molecule has 0 bridgehead atoms. The van der Waals surface area contributed by atoms with E-state index < -0.39 is 0 Å². The van der Waals surface area contributed by atoms with E-state index in [1.165, 1.54) is 12.1 Å². The second-order valence-corrected chi connectivity index (χ2v) is 5.85. The zero-order valence-electron chi connectivity index (χ0n) is 12.1. The van der Waals surface area contributed by atoms with Gasteiger partial charge in [0.1, 0.15) is 17.2 Å². The Morgan fingerprint density at radius 1 is 1.47 bits per heavy atom. The van der Waals surface area contributed by atoms with Crippen LogP contribution in [0.15, 0.2) is 18.2 Å². The number of halogens is 1. The van der Waals surface area contributed by atoms with Crippen molar-refractivity contribution in [3.63, 3.8) is 0 Å². The van der Waals surface area contributed by atoms with Crippen LogP contribution in [-0.4, -0.2) is 5.60 Å². The summed E-state index contributed by atoms with van der Waals surface area (Å²) < 4.78 is 19.6. The summed E-state index contributed by atoms with van der Waals surface area (Å²) in [6.07, 6.45) is 3.81. The molecule has 19 heavy (non-hydrogen) atoms. The quantitative estimate of drug-likeness (QED) is 0.885. The van der Waals surface area contributed by atoms with Crippen molar-refractivity contribution in [2.75, 3.05) is 0 Å². The summed E-state index contributed by atoms with van der Waals surface area (Å²) in [5.74, 6) is 0.951. The Morgan fingerprint density at radius 3 is 2.84 bits per heavy atom. The van der Waals surface area contributed by atoms with Gasteiger partial charge in [0.2, 0.25) is 0 Å². The maximum atomic E-state index is 13.4. The number of benzene rings is 1. The van der Waals surface area contributed by atoms with Crippen LogP contribution in [0.5, 0.6) is 5.75 Å². The number of hydrogen-bond acceptors (Lipinski definition) is 2. The molecule has 0 radical (unpaired) electrons. The molecule has 1 aliphatic rings. The number of rotatable bonds is 4. The molecule has 0 amide bonds. The summed E-state index contributed by atoms with van der Waals surface area (Å²) in [6, 6.07) is 4.61. The molecular formula is C16H24FNO. The van der Waals surface area contributed by atoms with Crippen LogP contribution < -0.4 is 10.5 Å². The molecule has 1 aromatic rings. The van der Waals surface area contributed by atoms with E-state index in [2.05, 4.69) is 20.8 Å². The molecule has 1 aliphatic heterocycles. The predicted molar refractivity (Wildman–Crippen MR) is 75.7 cm³/mol. The van der Waals surface area contributed by atoms with Gasteiger partial charge in [-0.1, -0.05) is 33.3 Å². The lowest BCUT2D eigenvalue weighted by atomic mass is 9.79. The third-order valence-electron chi connectivity index (χ3n) is 4.36. The topological polar surface area (TPSA) is 35.2 Å². The molecule has 2 N–H and O–H groups in total. The average molecular weight is 265 g/mol. The van der Waals surface area contributed by atoms with Crippen molar-refractivity contribution < 1.29 is 9.13 Å². The molecule has 0 spiro atoms. The summed E-state index contributed by atoms with van der Waals surface area (Å²) in [5.41, 5.74) is 6.95. The van der Waals surface area contributed by atoms with Crippen LogP contribution >= 0.6 is 0 Å². The number of nitrogens with two attached hydrogens (primary N) is 1. The van der Waals surface area contributed by atoms with Crippen molar-refractivity contribution in [1.82, 2.24) is 0 Å². The van der Waals surface area contributed by atoms with Crippen LogP contribution in [0.2, 0.25) is 0 Å². The Morgan fingerprint density at radius 2 is 2.21 bits per heavy atom. The molecule has 1 aromatic carbocycles. The van der Waals surface area contributed by atoms with E-state index in [4.69, 9.17) is 10.5 Å². The van der Waals surface area contributed by atoms with Gasteiger partial charge in [-0.2, -0.15) is 0 Å². The smallest absolute Gasteiger partial charge is 0.127 e. The van der Waals surface area contributed by atoms with Crippen LogP contribution in [0.3, 0.4) is 0 Å². The number of fused-ring (bicyclic) bond motifs is 1. The van der Waals surface area contributed by atoms with Crippen molar-refractivity contribution in [3.8, 4) is 5.75 Å². The Kier molecular flexibility index (Phi) is 4.14. The third kappa shape index (κ3) is 2.92. The van der Waals surface area contributed by atoms with Crippen molar-refractivity contribution in [2.45, 2.75) is 58.1 Å². The van der Waals surface area contributed by atoms with Gasteiger partial charge < -0.3 is 10.5 Å². The molecule has 3 heteroatoms. The SMILES string of the molecule is CCC(C)CC1(CC)C[C@@H](N)c2ccc(F)cc2O1. The normalized spacial score (nSPS) is 27.5. The van der Waals surface area contributed by atoms with E-state index in [9.17, 15) is 4.39 Å². The van der Waals surface area contributed by atoms with Gasteiger partial charge in [-0.3, -0.25) is 0 Å². The highest BCUT2D eigenvalue weighted by Crippen LogP contribution is 2.43. The van der Waals surface area contributed by atoms with Crippen molar-refractivity contribution in [3.05, 3.63) is 29.6 Å². The fraction of sp³-hybridized carbons (Fsp3) is 0.625. The highest BCUT2D eigenvalue weighted by Gasteiger charge is 2.39. The zero-order chi connectivity index (χ0) is 14.0. The minimum Gasteiger partial charge on any atom is -0.487 e. The first-order valence-corrected chi connectivity index (χ1v) is 7.23. The molecule has 1 heterocycles. The van der Waals surface area contributed by atoms with Gasteiger partial charge >= 0.3 is 0 Å². The van der Waals surface area contributed by atoms with Gasteiger partial charge in [0.25, 0.3) is 0 Å². The lowest BCUT2D eigenvalue weighted by Gasteiger charge is -2.42. The van der Waals surface area contributed by atoms with Crippen LogP contribution in [0.25, 0.3) is 0 Å². The Hall–Kier alpha value is -1.09. The molecule has 2 nitrogen and oxygen atoms in total. The minimum absolute atomic E-state index is 0.0617. The summed E-state index contributed by atoms with van der Waals surface area (Å²) in [5, 5.41) is 0. The first-order valence-electron chi connectivity index (χ1n) is 7.23. The summed E-state index contributed by atoms with van der Waals surface area (Å²) in [6.45, 7) is 6.54. The van der Waals surface area contributed by atoms with Gasteiger partial charge in [-0.15, -0.1) is 0 Å². The molecular weight excluding hydrogens is 241 g/mol. The van der Waals surface area contributed by atoms with Gasteiger partial charge in [0.15, 0.2) is 0 Å². The van der Waals surface area contributed by atoms with Crippen LogP contribution in [0, 0.1) is 11.7 Å². The van der Waals surface area contributed by atoms with Crippen molar-refractivity contribution >= 4 is 0 Å². The molecule has 106 valence electrons. The van der Waals surface area contributed by atoms with Crippen LogP contribution in [0.1, 0.15) is 58.1 Å². The fourth-order valence-corrected chi connectivity index (χ4v) is 2.95. The standard InChI is InChI=1S/C16H24FNO/c1-4-11(3)9-16(5-2)10-14(18)13-7-6-12(17)8-15(13)19-16/h6-8,11,14H,4-5,9-10,18H2,1-3H3/t11?,14-,16?/m1/s1. The lowest BCUT2D eigenvalue weighted by molar-refractivity contribution is 0.0101. The van der Waals surface area contributed by atoms with E-state index in [-0.39, 0.29) is 17.5 Å². The van der Waals surface area contributed by atoms with Gasteiger partial charge in [-0.25, -0.2) is 4.39 Å². The molecule has 0 fully saturated rings. The molecule has 2 unspecified atom stereocenters. The molecule has 0 saturated heterocycles. The van der Waals surface area contributed by atoms with E-state index >= 15 is 0 Å². The highest BCUT2D eigenvalue weighted by molar-refractivity contribution is 5.39. The van der Waals surface area contributed by atoms with Crippen LogP contribution in [0.4, 0.5) is 4.39 Å². The number of ether oxygens (including phenoxy) is 1. The molecule has 0 saturated carbocycles. The van der Waals surface area contributed by atoms with Gasteiger partial charge in [0.05, 0.1) is 0 Å². The minimum atomic E-state index is -0.263. The van der Waals surface area contributed by atoms with Crippen molar-refractivity contribution in [2.24, 2.45) is 11.7 Å². The molecule has 3 atom stereocenters. The fourth-order valence-electron chi connectivity index (χ4n) is 2.95. The monoisotopic (exact) mass is 265 g/mol. The second-order valence-electron chi connectivity index (χ2n) is 5.85. The maximum Gasteiger partial charge on any atom is 0.127 e. The van der Waals surface area contributed by atoms with E-state index in [1.807, 2.05) is 0 Å². The van der Waals surface area contributed by atoms with E-state index in [1.54, 1.807) is 6.07 Å². The van der Waals surface area contributed by atoms with Crippen molar-refractivity contribution in [1.29, 1.82) is 0 Å². The lowest BCUT2D eigenvalue weighted by Crippen LogP contribution is -2.43. The largest absolute Gasteiger partial charge is 0.487 e. The third-order valence-corrected chi connectivity index (χ3v) is 4.36.